The van der Waals surface area contributed by atoms with Crippen LogP contribution in [0.15, 0.2) is 16.9 Å². The van der Waals surface area contributed by atoms with Gasteiger partial charge in [-0.15, -0.1) is 0 Å². The average Bonchev–Trinajstić information content (AvgIpc) is 2.29. The van der Waals surface area contributed by atoms with E-state index < -0.39 is 9.84 Å². The lowest BCUT2D eigenvalue weighted by atomic mass is 10.3. The van der Waals surface area contributed by atoms with Crippen LogP contribution in [0.4, 0.5) is 0 Å². The van der Waals surface area contributed by atoms with E-state index in [9.17, 15) is 18.0 Å². The average molecular weight is 257 g/mol. The van der Waals surface area contributed by atoms with Crippen LogP contribution in [0.25, 0.3) is 0 Å². The van der Waals surface area contributed by atoms with Crippen LogP contribution in [0.2, 0.25) is 0 Å². The minimum atomic E-state index is -3.01. The first-order valence-electron chi connectivity index (χ1n) is 5.03. The van der Waals surface area contributed by atoms with Crippen LogP contribution in [0.3, 0.4) is 0 Å². The van der Waals surface area contributed by atoms with E-state index in [-0.39, 0.29) is 41.8 Å². The second kappa shape index (κ2) is 4.28. The van der Waals surface area contributed by atoms with Gasteiger partial charge >= 0.3 is 0 Å². The number of hydrogen-bond donors (Lipinski definition) is 1. The first-order valence-corrected chi connectivity index (χ1v) is 6.85. The molecule has 0 bridgehead atoms. The molecule has 0 spiro atoms. The zero-order valence-electron chi connectivity index (χ0n) is 8.92. The van der Waals surface area contributed by atoms with Crippen molar-refractivity contribution in [3.8, 4) is 0 Å². The normalized spacial score (nSPS) is 18.9. The molecule has 1 aromatic heterocycles. The van der Waals surface area contributed by atoms with E-state index in [1.807, 2.05) is 0 Å². The van der Waals surface area contributed by atoms with E-state index in [2.05, 4.69) is 10.2 Å². The van der Waals surface area contributed by atoms with E-state index >= 15 is 0 Å². The summed E-state index contributed by atoms with van der Waals surface area (Å²) >= 11 is 0. The van der Waals surface area contributed by atoms with E-state index in [4.69, 9.17) is 0 Å². The number of hydrogen-bond acceptors (Lipinski definition) is 5. The monoisotopic (exact) mass is 257 g/mol. The Bertz CT molecular complexity index is 558. The first kappa shape index (κ1) is 11.8. The standard InChI is InChI=1S/C9H11N3O4S/c13-8-2-1-7(10-11-8)9(14)12-3-5-17(15,16)6-4-12/h1-2H,3-6H2,(H,11,13). The molecule has 8 heteroatoms. The second-order valence-corrected chi connectivity index (χ2v) is 6.05. The molecule has 0 aliphatic carbocycles. The number of carbonyl (C=O) groups excluding carboxylic acids is 1. The number of aromatic nitrogens is 2. The van der Waals surface area contributed by atoms with Gasteiger partial charge in [-0.2, -0.15) is 5.10 Å². The van der Waals surface area contributed by atoms with Crippen molar-refractivity contribution in [1.29, 1.82) is 0 Å². The number of amides is 1. The summed E-state index contributed by atoms with van der Waals surface area (Å²) in [6.07, 6.45) is 0. The number of H-pyrrole nitrogens is 1. The zero-order valence-corrected chi connectivity index (χ0v) is 9.74. The molecule has 0 radical (unpaired) electrons. The highest BCUT2D eigenvalue weighted by atomic mass is 32.2. The summed E-state index contributed by atoms with van der Waals surface area (Å²) in [5, 5.41) is 5.78. The highest BCUT2D eigenvalue weighted by Crippen LogP contribution is 2.07. The minimum Gasteiger partial charge on any atom is -0.335 e. The van der Waals surface area contributed by atoms with Crippen molar-refractivity contribution in [3.63, 3.8) is 0 Å². The molecule has 0 aromatic carbocycles. The number of sulfone groups is 1. The molecule has 1 aliphatic rings. The molecule has 1 fully saturated rings. The van der Waals surface area contributed by atoms with Gasteiger partial charge in [0.05, 0.1) is 11.5 Å². The van der Waals surface area contributed by atoms with Gasteiger partial charge in [0, 0.05) is 19.2 Å². The summed E-state index contributed by atoms with van der Waals surface area (Å²) in [5.74, 6) is -0.416. The number of nitrogens with zero attached hydrogens (tertiary/aromatic N) is 2. The van der Waals surface area contributed by atoms with E-state index in [1.54, 1.807) is 0 Å². The molecule has 0 unspecified atom stereocenters. The summed E-state index contributed by atoms with van der Waals surface area (Å²) in [4.78, 5) is 24.1. The van der Waals surface area contributed by atoms with E-state index in [1.165, 1.54) is 17.0 Å². The Morgan fingerprint density at radius 3 is 2.47 bits per heavy atom. The third-order valence-electron chi connectivity index (χ3n) is 2.53. The van der Waals surface area contributed by atoms with Gasteiger partial charge in [0.15, 0.2) is 9.84 Å². The van der Waals surface area contributed by atoms with Gasteiger partial charge in [-0.3, -0.25) is 9.59 Å². The molecule has 0 atom stereocenters. The van der Waals surface area contributed by atoms with Crippen molar-refractivity contribution >= 4 is 15.7 Å². The van der Waals surface area contributed by atoms with Gasteiger partial charge in [0.25, 0.3) is 11.5 Å². The predicted octanol–water partition coefficient (Wildman–Crippen LogP) is -1.36. The van der Waals surface area contributed by atoms with Crippen LogP contribution >= 0.6 is 0 Å². The Labute approximate surface area is 97.4 Å². The number of nitrogens with one attached hydrogen (secondary N) is 1. The summed E-state index contributed by atoms with van der Waals surface area (Å²) in [7, 11) is -3.01. The van der Waals surface area contributed by atoms with Crippen LogP contribution in [-0.4, -0.2) is 54.0 Å². The van der Waals surface area contributed by atoms with Crippen molar-refractivity contribution in [2.24, 2.45) is 0 Å². The molecule has 1 amide bonds. The number of rotatable bonds is 1. The fourth-order valence-electron chi connectivity index (χ4n) is 1.54. The summed E-state index contributed by atoms with van der Waals surface area (Å²) < 4.78 is 22.4. The fraction of sp³-hybridized carbons (Fsp3) is 0.444. The fourth-order valence-corrected chi connectivity index (χ4v) is 2.74. The lowest BCUT2D eigenvalue weighted by molar-refractivity contribution is 0.0763. The van der Waals surface area contributed by atoms with Crippen LogP contribution in [0, 0.1) is 0 Å². The lowest BCUT2D eigenvalue weighted by Gasteiger charge is -2.26. The molecule has 2 rings (SSSR count). The maximum atomic E-state index is 11.9. The third-order valence-corrected chi connectivity index (χ3v) is 4.14. The first-order chi connectivity index (χ1) is 7.98. The highest BCUT2D eigenvalue weighted by molar-refractivity contribution is 7.91. The minimum absolute atomic E-state index is 0.0257. The molecule has 1 saturated heterocycles. The van der Waals surface area contributed by atoms with E-state index in [0.717, 1.165) is 0 Å². The Morgan fingerprint density at radius 1 is 1.29 bits per heavy atom. The van der Waals surface area contributed by atoms with Crippen LogP contribution < -0.4 is 5.56 Å². The molecule has 0 saturated carbocycles. The van der Waals surface area contributed by atoms with Crippen molar-refractivity contribution in [3.05, 3.63) is 28.2 Å². The molecule has 7 nitrogen and oxygen atoms in total. The third kappa shape index (κ3) is 2.70. The molecule has 1 aromatic rings. The van der Waals surface area contributed by atoms with Crippen LogP contribution in [-0.2, 0) is 9.84 Å². The van der Waals surface area contributed by atoms with Gasteiger partial charge in [-0.1, -0.05) is 0 Å². The smallest absolute Gasteiger partial charge is 0.274 e. The van der Waals surface area contributed by atoms with Crippen LogP contribution in [0.5, 0.6) is 0 Å². The van der Waals surface area contributed by atoms with Crippen molar-refractivity contribution < 1.29 is 13.2 Å². The zero-order chi connectivity index (χ0) is 12.5. The Kier molecular flexibility index (Phi) is 2.97. The van der Waals surface area contributed by atoms with Gasteiger partial charge < -0.3 is 4.90 Å². The highest BCUT2D eigenvalue weighted by Gasteiger charge is 2.26. The Balaban J connectivity index is 2.12. The summed E-state index contributed by atoms with van der Waals surface area (Å²) in [5.41, 5.74) is -0.272. The topological polar surface area (TPSA) is 100 Å². The Morgan fingerprint density at radius 2 is 1.94 bits per heavy atom. The van der Waals surface area contributed by atoms with Crippen molar-refractivity contribution in [2.45, 2.75) is 0 Å². The largest absolute Gasteiger partial charge is 0.335 e. The van der Waals surface area contributed by atoms with Gasteiger partial charge in [-0.05, 0) is 6.07 Å². The maximum absolute atomic E-state index is 11.9. The summed E-state index contributed by atoms with van der Waals surface area (Å²) in [6.45, 7) is 0.337. The summed E-state index contributed by atoms with van der Waals surface area (Å²) in [6, 6.07) is 2.53. The Hall–Kier alpha value is -1.70. The van der Waals surface area contributed by atoms with Gasteiger partial charge in [0.1, 0.15) is 5.69 Å². The van der Waals surface area contributed by atoms with Gasteiger partial charge in [-0.25, -0.2) is 13.5 Å². The number of carbonyl (C=O) groups is 1. The van der Waals surface area contributed by atoms with Crippen molar-refractivity contribution in [2.75, 3.05) is 24.6 Å². The SMILES string of the molecule is O=C(c1ccc(=O)[nH]n1)N1CCS(=O)(=O)CC1. The quantitative estimate of drug-likeness (QED) is 0.669. The predicted molar refractivity (Wildman–Crippen MR) is 59.4 cm³/mol. The van der Waals surface area contributed by atoms with E-state index in [0.29, 0.717) is 0 Å². The van der Waals surface area contributed by atoms with Crippen LogP contribution in [0.1, 0.15) is 10.5 Å². The molecular formula is C9H11N3O4S. The lowest BCUT2D eigenvalue weighted by Crippen LogP contribution is -2.44. The van der Waals surface area contributed by atoms with Crippen molar-refractivity contribution in [1.82, 2.24) is 15.1 Å². The molecule has 1 aliphatic heterocycles. The number of aromatic amines is 1. The maximum Gasteiger partial charge on any atom is 0.274 e. The molecule has 92 valence electrons. The molecular weight excluding hydrogens is 246 g/mol. The van der Waals surface area contributed by atoms with Gasteiger partial charge in [0.2, 0.25) is 0 Å². The molecule has 17 heavy (non-hydrogen) atoms. The molecule has 2 heterocycles. The molecule has 1 N–H and O–H groups in total. The second-order valence-electron chi connectivity index (χ2n) is 3.75.